The van der Waals surface area contributed by atoms with E-state index in [1.165, 1.54) is 16.3 Å². The monoisotopic (exact) mass is 572 g/mol. The van der Waals surface area contributed by atoms with Crippen molar-refractivity contribution in [1.82, 2.24) is 0 Å². The van der Waals surface area contributed by atoms with Crippen LogP contribution in [-0.4, -0.2) is 20.8 Å². The van der Waals surface area contributed by atoms with Gasteiger partial charge in [0.15, 0.2) is 9.84 Å². The molecule has 0 radical (unpaired) electrons. The molecule has 4 aromatic rings. The van der Waals surface area contributed by atoms with E-state index in [0.29, 0.717) is 6.42 Å². The molecule has 188 valence electrons. The van der Waals surface area contributed by atoms with Crippen molar-refractivity contribution in [3.63, 3.8) is 0 Å². The van der Waals surface area contributed by atoms with Gasteiger partial charge in [0.2, 0.25) is 0 Å². The number of halogens is 1. The van der Waals surface area contributed by atoms with Crippen molar-refractivity contribution < 1.29 is 13.2 Å². The fourth-order valence-electron chi connectivity index (χ4n) is 5.09. The predicted molar refractivity (Wildman–Crippen MR) is 158 cm³/mol. The molecule has 6 rings (SSSR count). The second-order valence-corrected chi connectivity index (χ2v) is 12.4. The Hall–Kier alpha value is -3.15. The van der Waals surface area contributed by atoms with Crippen LogP contribution >= 0.6 is 15.9 Å². The van der Waals surface area contributed by atoms with E-state index in [9.17, 15) is 8.42 Å². The average molecular weight is 574 g/mol. The van der Waals surface area contributed by atoms with Gasteiger partial charge in [-0.3, -0.25) is 0 Å². The minimum atomic E-state index is -3.32. The van der Waals surface area contributed by atoms with Gasteiger partial charge in [-0.05, 0) is 81.8 Å². The number of hydrogen-bond acceptors (Lipinski definition) is 3. The summed E-state index contributed by atoms with van der Waals surface area (Å²) >= 11 is 3.43. The number of allylic oxidation sites excluding steroid dienone is 2. The van der Waals surface area contributed by atoms with Crippen LogP contribution in [0.3, 0.4) is 0 Å². The lowest BCUT2D eigenvalue weighted by Gasteiger charge is -2.27. The van der Waals surface area contributed by atoms with Crippen molar-refractivity contribution in [1.29, 1.82) is 0 Å². The smallest absolute Gasteiger partial charge is 0.160 e. The van der Waals surface area contributed by atoms with Crippen LogP contribution in [0.1, 0.15) is 34.8 Å². The SMILES string of the molecule is C1=CCOC=C1.O=S(=O)(CC=Cc1ccc(Br)cc1)C1CCCc2ccc3c(ccc4ccccc43)c21. The van der Waals surface area contributed by atoms with Crippen LogP contribution in [0.15, 0.2) is 108 Å². The molecule has 5 heteroatoms. The first-order valence-electron chi connectivity index (χ1n) is 12.5. The predicted octanol–water partition coefficient (Wildman–Crippen LogP) is 8.35. The second kappa shape index (κ2) is 11.5. The summed E-state index contributed by atoms with van der Waals surface area (Å²) in [6.07, 6.45) is 13.7. The quantitative estimate of drug-likeness (QED) is 0.231. The third-order valence-corrected chi connectivity index (χ3v) is 9.37. The summed E-state index contributed by atoms with van der Waals surface area (Å²) in [7, 11) is -3.32. The van der Waals surface area contributed by atoms with E-state index in [1.54, 1.807) is 12.3 Å². The molecule has 0 saturated carbocycles. The van der Waals surface area contributed by atoms with Crippen molar-refractivity contribution >= 4 is 53.4 Å². The van der Waals surface area contributed by atoms with Gasteiger partial charge in [-0.25, -0.2) is 8.42 Å². The highest BCUT2D eigenvalue weighted by Gasteiger charge is 2.32. The summed E-state index contributed by atoms with van der Waals surface area (Å²) in [5.41, 5.74) is 3.20. The van der Waals surface area contributed by atoms with Crippen LogP contribution in [0.4, 0.5) is 0 Å². The molecule has 0 amide bonds. The highest BCUT2D eigenvalue weighted by atomic mass is 79.9. The van der Waals surface area contributed by atoms with E-state index >= 15 is 0 Å². The molecule has 0 saturated heterocycles. The Morgan fingerprint density at radius 1 is 0.892 bits per heavy atom. The Bertz CT molecular complexity index is 1590. The number of fused-ring (bicyclic) bond motifs is 5. The van der Waals surface area contributed by atoms with E-state index in [4.69, 9.17) is 4.74 Å². The number of ether oxygens (including phenoxy) is 1. The number of hydrogen-bond donors (Lipinski definition) is 0. The van der Waals surface area contributed by atoms with Crippen molar-refractivity contribution in [3.8, 4) is 0 Å². The molecule has 0 bridgehead atoms. The van der Waals surface area contributed by atoms with Crippen LogP contribution in [0.2, 0.25) is 0 Å². The summed E-state index contributed by atoms with van der Waals surface area (Å²) < 4.78 is 32.7. The van der Waals surface area contributed by atoms with Gasteiger partial charge in [-0.15, -0.1) is 0 Å². The maximum Gasteiger partial charge on any atom is 0.160 e. The maximum absolute atomic E-state index is 13.4. The van der Waals surface area contributed by atoms with E-state index in [0.717, 1.165) is 45.8 Å². The summed E-state index contributed by atoms with van der Waals surface area (Å²) in [5, 5.41) is 4.14. The van der Waals surface area contributed by atoms with Crippen LogP contribution in [0.5, 0.6) is 0 Å². The lowest BCUT2D eigenvalue weighted by atomic mass is 9.86. The Morgan fingerprint density at radius 2 is 1.70 bits per heavy atom. The fourth-order valence-corrected chi connectivity index (χ4v) is 7.12. The second-order valence-electron chi connectivity index (χ2n) is 9.27. The number of rotatable bonds is 4. The van der Waals surface area contributed by atoms with E-state index in [1.807, 2.05) is 60.7 Å². The molecule has 0 aromatic heterocycles. The van der Waals surface area contributed by atoms with Crippen LogP contribution in [0, 0.1) is 0 Å². The first kappa shape index (κ1) is 25.5. The van der Waals surface area contributed by atoms with Gasteiger partial charge in [0.25, 0.3) is 0 Å². The minimum absolute atomic E-state index is 0.0527. The first-order valence-corrected chi connectivity index (χ1v) is 15.0. The molecule has 2 aliphatic rings. The number of benzene rings is 4. The van der Waals surface area contributed by atoms with Crippen LogP contribution in [0.25, 0.3) is 27.6 Å². The Labute approximate surface area is 227 Å². The molecular formula is C32H29BrO3S. The molecule has 37 heavy (non-hydrogen) atoms. The van der Waals surface area contributed by atoms with Gasteiger partial charge < -0.3 is 4.74 Å². The molecule has 1 atom stereocenters. The van der Waals surface area contributed by atoms with Gasteiger partial charge in [-0.1, -0.05) is 94.8 Å². The highest BCUT2D eigenvalue weighted by Crippen LogP contribution is 2.42. The van der Waals surface area contributed by atoms with E-state index in [2.05, 4.69) is 52.3 Å². The molecule has 0 N–H and O–H groups in total. The Kier molecular flexibility index (Phi) is 7.92. The molecule has 1 heterocycles. The Morgan fingerprint density at radius 3 is 2.43 bits per heavy atom. The minimum Gasteiger partial charge on any atom is -0.497 e. The maximum atomic E-state index is 13.4. The molecule has 1 unspecified atom stereocenters. The summed E-state index contributed by atoms with van der Waals surface area (Å²) in [6.45, 7) is 0.733. The van der Waals surface area contributed by atoms with Gasteiger partial charge in [0, 0.05) is 4.47 Å². The van der Waals surface area contributed by atoms with Gasteiger partial charge in [0.1, 0.15) is 6.61 Å². The average Bonchev–Trinajstić information content (AvgIpc) is 2.94. The van der Waals surface area contributed by atoms with Crippen molar-refractivity contribution in [2.45, 2.75) is 24.5 Å². The number of sulfone groups is 1. The normalized spacial score (nSPS) is 16.8. The fraction of sp³-hybridized carbons (Fsp3) is 0.188. The van der Waals surface area contributed by atoms with Crippen molar-refractivity contribution in [2.24, 2.45) is 0 Å². The van der Waals surface area contributed by atoms with Gasteiger partial charge in [0.05, 0.1) is 17.3 Å². The zero-order valence-corrected chi connectivity index (χ0v) is 22.9. The van der Waals surface area contributed by atoms with Crippen molar-refractivity contribution in [3.05, 3.63) is 125 Å². The lowest BCUT2D eigenvalue weighted by Crippen LogP contribution is -2.21. The van der Waals surface area contributed by atoms with Gasteiger partial charge in [-0.2, -0.15) is 0 Å². The largest absolute Gasteiger partial charge is 0.497 e. The molecular weight excluding hydrogens is 544 g/mol. The summed E-state index contributed by atoms with van der Waals surface area (Å²) in [5.74, 6) is 0.0527. The molecule has 4 aromatic carbocycles. The lowest BCUT2D eigenvalue weighted by molar-refractivity contribution is 0.286. The molecule has 0 fully saturated rings. The highest BCUT2D eigenvalue weighted by molar-refractivity contribution is 9.10. The third-order valence-electron chi connectivity index (χ3n) is 6.85. The Balaban J connectivity index is 0.000000412. The van der Waals surface area contributed by atoms with E-state index < -0.39 is 15.1 Å². The standard InChI is InChI=1S/C27H23BrO2S.C5H6O/c28-22-14-10-19(11-15-22)5-4-18-31(29,30)26-9-3-7-21-13-16-24-23-8-2-1-6-20(23)12-17-25(24)27(21)26;1-2-4-6-5-3-1/h1-2,4-6,8,10-17,26H,3,7,9,18H2;1-4H,5H2. The first-order chi connectivity index (χ1) is 18.0. The molecule has 0 spiro atoms. The third kappa shape index (κ3) is 5.89. The molecule has 1 aliphatic heterocycles. The van der Waals surface area contributed by atoms with Gasteiger partial charge >= 0.3 is 0 Å². The number of aryl methyl sites for hydroxylation is 1. The summed E-state index contributed by atoms with van der Waals surface area (Å²) in [4.78, 5) is 0. The zero-order chi connectivity index (χ0) is 25.7. The molecule has 3 nitrogen and oxygen atoms in total. The summed E-state index contributed by atoms with van der Waals surface area (Å²) in [6, 6.07) is 24.7. The van der Waals surface area contributed by atoms with E-state index in [-0.39, 0.29) is 5.75 Å². The van der Waals surface area contributed by atoms with Crippen molar-refractivity contribution in [2.75, 3.05) is 12.4 Å². The zero-order valence-electron chi connectivity index (χ0n) is 20.5. The topological polar surface area (TPSA) is 43.4 Å². The molecule has 1 aliphatic carbocycles. The van der Waals surface area contributed by atoms with Crippen LogP contribution in [-0.2, 0) is 21.0 Å². The van der Waals surface area contributed by atoms with Crippen LogP contribution < -0.4 is 0 Å².